The van der Waals surface area contributed by atoms with Crippen molar-refractivity contribution >= 4 is 15.9 Å². The Labute approximate surface area is 102 Å². The molecule has 2 aliphatic carbocycles. The molecule has 17 heavy (non-hydrogen) atoms. The van der Waals surface area contributed by atoms with Gasteiger partial charge in [-0.05, 0) is 32.1 Å². The van der Waals surface area contributed by atoms with Gasteiger partial charge in [0.1, 0.15) is 5.76 Å². The van der Waals surface area contributed by atoms with Crippen LogP contribution in [0.15, 0.2) is 11.3 Å². The number of rotatable bonds is 2. The smallest absolute Gasteiger partial charge is 0.305 e. The third-order valence-electron chi connectivity index (χ3n) is 3.66. The van der Waals surface area contributed by atoms with E-state index >= 15 is 0 Å². The van der Waals surface area contributed by atoms with E-state index in [1.165, 1.54) is 0 Å². The first kappa shape index (κ1) is 12.6. The van der Waals surface area contributed by atoms with Gasteiger partial charge in [0.15, 0.2) is 5.78 Å². The fraction of sp³-hybridized carbons (Fsp3) is 0.750. The zero-order valence-corrected chi connectivity index (χ0v) is 11.0. The zero-order chi connectivity index (χ0) is 12.6. The molecule has 2 aliphatic rings. The van der Waals surface area contributed by atoms with Crippen LogP contribution in [0.4, 0.5) is 0 Å². The Balaban J connectivity index is 2.36. The predicted molar refractivity (Wildman–Crippen MR) is 63.7 cm³/mol. The summed E-state index contributed by atoms with van der Waals surface area (Å²) < 4.78 is 27.6. The molecule has 2 atom stereocenters. The highest BCUT2D eigenvalue weighted by Gasteiger charge is 2.34. The Morgan fingerprint density at radius 3 is 2.65 bits per heavy atom. The Bertz CT molecular complexity index is 461. The molecule has 2 rings (SSSR count). The van der Waals surface area contributed by atoms with Gasteiger partial charge in [0.05, 0.1) is 6.26 Å². The summed E-state index contributed by atoms with van der Waals surface area (Å²) in [7, 11) is -3.54. The van der Waals surface area contributed by atoms with Crippen molar-refractivity contribution in [2.24, 2.45) is 11.8 Å². The molecule has 4 nitrogen and oxygen atoms in total. The number of Topliss-reactive ketones (excluding diaryl/α,β-unsaturated/α-hetero) is 1. The molecule has 96 valence electrons. The topological polar surface area (TPSA) is 60.4 Å². The molecule has 1 fully saturated rings. The van der Waals surface area contributed by atoms with Crippen molar-refractivity contribution in [2.75, 3.05) is 6.26 Å². The van der Waals surface area contributed by atoms with Crippen molar-refractivity contribution in [3.63, 3.8) is 0 Å². The van der Waals surface area contributed by atoms with Gasteiger partial charge in [0, 0.05) is 17.9 Å². The Morgan fingerprint density at radius 1 is 1.29 bits per heavy atom. The first-order valence-electron chi connectivity index (χ1n) is 6.00. The van der Waals surface area contributed by atoms with Gasteiger partial charge in [-0.1, -0.05) is 6.42 Å². The van der Waals surface area contributed by atoms with Crippen LogP contribution < -0.4 is 0 Å². The summed E-state index contributed by atoms with van der Waals surface area (Å²) in [4.78, 5) is 11.9. The van der Waals surface area contributed by atoms with Gasteiger partial charge in [-0.25, -0.2) is 0 Å². The van der Waals surface area contributed by atoms with Crippen molar-refractivity contribution in [3.8, 4) is 0 Å². The van der Waals surface area contributed by atoms with E-state index in [9.17, 15) is 13.2 Å². The van der Waals surface area contributed by atoms with Crippen molar-refractivity contribution in [3.05, 3.63) is 11.3 Å². The normalized spacial score (nSPS) is 30.1. The highest BCUT2D eigenvalue weighted by atomic mass is 32.2. The molecule has 0 aromatic rings. The lowest BCUT2D eigenvalue weighted by atomic mass is 9.80. The van der Waals surface area contributed by atoms with E-state index in [0.29, 0.717) is 23.7 Å². The van der Waals surface area contributed by atoms with Crippen LogP contribution >= 0.6 is 0 Å². The second kappa shape index (κ2) is 4.44. The highest BCUT2D eigenvalue weighted by Crippen LogP contribution is 2.40. The molecule has 5 heteroatoms. The Hall–Kier alpha value is -0.840. The number of hydrogen-bond acceptors (Lipinski definition) is 4. The van der Waals surface area contributed by atoms with E-state index < -0.39 is 10.1 Å². The van der Waals surface area contributed by atoms with Crippen LogP contribution in [0.2, 0.25) is 0 Å². The van der Waals surface area contributed by atoms with Gasteiger partial charge in [-0.3, -0.25) is 4.79 Å². The predicted octanol–water partition coefficient (Wildman–Crippen LogP) is 2.02. The number of carbonyl (C=O) groups is 1. The highest BCUT2D eigenvalue weighted by molar-refractivity contribution is 7.86. The molecule has 2 bridgehead atoms. The van der Waals surface area contributed by atoms with Crippen LogP contribution in [-0.2, 0) is 19.1 Å². The van der Waals surface area contributed by atoms with Crippen LogP contribution in [0.5, 0.6) is 0 Å². The minimum atomic E-state index is -3.54. The molecule has 0 heterocycles. The molecule has 1 saturated carbocycles. The Morgan fingerprint density at radius 2 is 2.00 bits per heavy atom. The summed E-state index contributed by atoms with van der Waals surface area (Å²) in [6, 6.07) is 0. The summed E-state index contributed by atoms with van der Waals surface area (Å²) in [5, 5.41) is 0. The molecular weight excluding hydrogens is 240 g/mol. The van der Waals surface area contributed by atoms with Crippen LogP contribution in [0, 0.1) is 11.8 Å². The first-order valence-corrected chi connectivity index (χ1v) is 7.82. The van der Waals surface area contributed by atoms with Gasteiger partial charge in [-0.2, -0.15) is 8.42 Å². The quantitative estimate of drug-likeness (QED) is 0.711. The van der Waals surface area contributed by atoms with E-state index in [1.807, 2.05) is 0 Å². The summed E-state index contributed by atoms with van der Waals surface area (Å²) in [6.45, 7) is 1.68. The fourth-order valence-electron chi connectivity index (χ4n) is 2.87. The molecule has 0 N–H and O–H groups in total. The second-order valence-corrected chi connectivity index (χ2v) is 6.71. The summed E-state index contributed by atoms with van der Waals surface area (Å²) in [5.41, 5.74) is 0.504. The van der Waals surface area contributed by atoms with Crippen LogP contribution in [0.1, 0.15) is 39.0 Å². The first-order chi connectivity index (χ1) is 7.87. The SMILES string of the molecule is CC1=C(OS(C)(=O)=O)C2CCCC(CC1=O)C2. The maximum Gasteiger partial charge on any atom is 0.305 e. The van der Waals surface area contributed by atoms with E-state index in [4.69, 9.17) is 4.18 Å². The standard InChI is InChI=1S/C12H18O4S/c1-8-11(13)7-9-4-3-5-10(6-9)12(8)16-17(2,14)15/h9-10H,3-7H2,1-2H3. The molecule has 0 spiro atoms. The molecule has 0 radical (unpaired) electrons. The zero-order valence-electron chi connectivity index (χ0n) is 10.2. The van der Waals surface area contributed by atoms with E-state index in [-0.39, 0.29) is 11.7 Å². The lowest BCUT2D eigenvalue weighted by Crippen LogP contribution is -2.18. The summed E-state index contributed by atoms with van der Waals surface area (Å²) in [6.07, 6.45) is 5.50. The van der Waals surface area contributed by atoms with Crippen molar-refractivity contribution < 1.29 is 17.4 Å². The summed E-state index contributed by atoms with van der Waals surface area (Å²) >= 11 is 0. The van der Waals surface area contributed by atoms with E-state index in [1.54, 1.807) is 6.92 Å². The molecule has 0 saturated heterocycles. The van der Waals surface area contributed by atoms with Gasteiger partial charge < -0.3 is 4.18 Å². The number of ketones is 1. The number of carbonyl (C=O) groups excluding carboxylic acids is 1. The largest absolute Gasteiger partial charge is 0.386 e. The van der Waals surface area contributed by atoms with E-state index in [2.05, 4.69) is 0 Å². The van der Waals surface area contributed by atoms with E-state index in [0.717, 1.165) is 31.9 Å². The minimum Gasteiger partial charge on any atom is -0.386 e. The molecule has 0 aliphatic heterocycles. The third-order valence-corrected chi connectivity index (χ3v) is 4.14. The number of hydrogen-bond donors (Lipinski definition) is 0. The molecular formula is C12H18O4S. The average Bonchev–Trinajstić information content (AvgIpc) is 2.29. The average molecular weight is 258 g/mol. The third kappa shape index (κ3) is 2.89. The summed E-state index contributed by atoms with van der Waals surface area (Å²) in [5.74, 6) is 0.949. The minimum absolute atomic E-state index is 0.0399. The van der Waals surface area contributed by atoms with Crippen LogP contribution in [-0.4, -0.2) is 20.5 Å². The lowest BCUT2D eigenvalue weighted by molar-refractivity contribution is -0.116. The van der Waals surface area contributed by atoms with Gasteiger partial charge in [-0.15, -0.1) is 0 Å². The van der Waals surface area contributed by atoms with Gasteiger partial charge in [0.25, 0.3) is 0 Å². The molecule has 0 aromatic carbocycles. The maximum absolute atomic E-state index is 11.9. The maximum atomic E-state index is 11.9. The second-order valence-electron chi connectivity index (χ2n) is 5.13. The van der Waals surface area contributed by atoms with Crippen molar-refractivity contribution in [1.29, 1.82) is 0 Å². The fourth-order valence-corrected chi connectivity index (χ4v) is 3.45. The monoisotopic (exact) mass is 258 g/mol. The lowest BCUT2D eigenvalue weighted by Gasteiger charge is -2.27. The van der Waals surface area contributed by atoms with Crippen LogP contribution in [0.25, 0.3) is 0 Å². The molecule has 2 unspecified atom stereocenters. The van der Waals surface area contributed by atoms with Crippen molar-refractivity contribution in [2.45, 2.75) is 39.0 Å². The number of fused-ring (bicyclic) bond motifs is 2. The van der Waals surface area contributed by atoms with Crippen molar-refractivity contribution in [1.82, 2.24) is 0 Å². The van der Waals surface area contributed by atoms with Gasteiger partial charge in [0.2, 0.25) is 0 Å². The molecule has 0 amide bonds. The number of allylic oxidation sites excluding steroid dienone is 2. The molecule has 0 aromatic heterocycles. The van der Waals surface area contributed by atoms with Gasteiger partial charge >= 0.3 is 10.1 Å². The Kier molecular flexibility index (Phi) is 3.30. The van der Waals surface area contributed by atoms with Crippen LogP contribution in [0.3, 0.4) is 0 Å².